The molecule has 3 rings (SSSR count). The molecule has 3 aromatic rings. The minimum atomic E-state index is 0.0769. The van der Waals surface area contributed by atoms with Crippen molar-refractivity contribution in [1.29, 1.82) is 0 Å². The first-order valence-electron chi connectivity index (χ1n) is 9.15. The number of benzene rings is 2. The first-order valence-corrected chi connectivity index (χ1v) is 10.1. The summed E-state index contributed by atoms with van der Waals surface area (Å²) in [7, 11) is 0. The number of nitrogens with one attached hydrogen (secondary N) is 1. The lowest BCUT2D eigenvalue weighted by Crippen LogP contribution is -2.23. The van der Waals surface area contributed by atoms with Crippen LogP contribution in [0.25, 0.3) is 0 Å². The first kappa shape index (κ1) is 19.2. The number of hydrogen-bond acceptors (Lipinski definition) is 3. The van der Waals surface area contributed by atoms with E-state index in [0.29, 0.717) is 13.0 Å². The monoisotopic (exact) mass is 379 g/mol. The first-order chi connectivity index (χ1) is 13.1. The van der Waals surface area contributed by atoms with E-state index >= 15 is 0 Å². The molecule has 1 aromatic heterocycles. The van der Waals surface area contributed by atoms with Gasteiger partial charge in [-0.1, -0.05) is 48.5 Å². The lowest BCUT2D eigenvalue weighted by molar-refractivity contribution is -0.120. The van der Waals surface area contributed by atoms with Crippen molar-refractivity contribution in [2.45, 2.75) is 38.3 Å². The van der Waals surface area contributed by atoms with Crippen LogP contribution in [0, 0.1) is 13.8 Å². The summed E-state index contributed by atoms with van der Waals surface area (Å²) >= 11 is 1.70. The van der Waals surface area contributed by atoms with Crippen LogP contribution in [0.3, 0.4) is 0 Å². The third-order valence-corrected chi connectivity index (χ3v) is 5.52. The molecule has 0 aliphatic rings. The van der Waals surface area contributed by atoms with Crippen LogP contribution < -0.4 is 5.32 Å². The Bertz CT molecular complexity index is 875. The number of amides is 1. The molecular formula is C22H25N3OS. The molecular weight excluding hydrogens is 354 g/mol. The lowest BCUT2D eigenvalue weighted by atomic mass is 10.2. The number of carbonyl (C=O) groups excluding carboxylic acids is 1. The summed E-state index contributed by atoms with van der Waals surface area (Å²) in [6.07, 6.45) is 0.510. The van der Waals surface area contributed by atoms with Crippen molar-refractivity contribution in [2.75, 3.05) is 5.75 Å². The fourth-order valence-corrected chi connectivity index (χ4v) is 3.83. The minimum Gasteiger partial charge on any atom is -0.352 e. The maximum Gasteiger partial charge on any atom is 0.221 e. The van der Waals surface area contributed by atoms with Crippen LogP contribution in [0.1, 0.15) is 28.9 Å². The van der Waals surface area contributed by atoms with E-state index < -0.39 is 0 Å². The van der Waals surface area contributed by atoms with Gasteiger partial charge in [0.05, 0.1) is 12.2 Å². The Balaban J connectivity index is 1.51. The van der Waals surface area contributed by atoms with Gasteiger partial charge in [-0.3, -0.25) is 9.48 Å². The van der Waals surface area contributed by atoms with Crippen LogP contribution in [0.4, 0.5) is 0 Å². The molecule has 0 fully saturated rings. The van der Waals surface area contributed by atoms with Crippen LogP contribution in [-0.2, 0) is 17.9 Å². The molecule has 0 saturated heterocycles. The van der Waals surface area contributed by atoms with Crippen molar-refractivity contribution in [3.63, 3.8) is 0 Å². The number of aromatic nitrogens is 2. The van der Waals surface area contributed by atoms with Crippen molar-refractivity contribution in [3.05, 3.63) is 83.2 Å². The normalized spacial score (nSPS) is 10.7. The van der Waals surface area contributed by atoms with E-state index in [1.807, 2.05) is 48.0 Å². The van der Waals surface area contributed by atoms with Gasteiger partial charge in [0.2, 0.25) is 5.91 Å². The molecule has 0 radical (unpaired) electrons. The zero-order valence-corrected chi connectivity index (χ0v) is 16.6. The zero-order valence-electron chi connectivity index (χ0n) is 15.8. The highest BCUT2D eigenvalue weighted by Gasteiger charge is 2.13. The highest BCUT2D eigenvalue weighted by atomic mass is 32.2. The van der Waals surface area contributed by atoms with E-state index in [1.165, 1.54) is 10.5 Å². The average molecular weight is 380 g/mol. The average Bonchev–Trinajstić information content (AvgIpc) is 2.95. The second-order valence-electron chi connectivity index (χ2n) is 6.48. The molecule has 0 atom stereocenters. The quantitative estimate of drug-likeness (QED) is 0.592. The van der Waals surface area contributed by atoms with Gasteiger partial charge in [-0.15, -0.1) is 11.8 Å². The molecule has 2 aromatic carbocycles. The number of rotatable bonds is 8. The summed E-state index contributed by atoms with van der Waals surface area (Å²) in [6, 6.07) is 20.5. The third-order valence-electron chi connectivity index (χ3n) is 4.51. The summed E-state index contributed by atoms with van der Waals surface area (Å²) in [5.41, 5.74) is 4.41. The Morgan fingerprint density at radius 2 is 1.70 bits per heavy atom. The van der Waals surface area contributed by atoms with Crippen molar-refractivity contribution < 1.29 is 4.79 Å². The van der Waals surface area contributed by atoms with Gasteiger partial charge < -0.3 is 5.32 Å². The van der Waals surface area contributed by atoms with Gasteiger partial charge in [0, 0.05) is 34.9 Å². The molecule has 0 aliphatic carbocycles. The van der Waals surface area contributed by atoms with Crippen LogP contribution in [0.15, 0.2) is 65.6 Å². The third kappa shape index (κ3) is 5.47. The number of nitrogens with zero attached hydrogens (tertiary/aromatic N) is 2. The van der Waals surface area contributed by atoms with E-state index in [1.54, 1.807) is 11.8 Å². The van der Waals surface area contributed by atoms with Crippen molar-refractivity contribution in [3.8, 4) is 0 Å². The Labute approximate surface area is 165 Å². The predicted molar refractivity (Wildman–Crippen MR) is 111 cm³/mol. The van der Waals surface area contributed by atoms with Crippen LogP contribution in [-0.4, -0.2) is 21.4 Å². The SMILES string of the molecule is Cc1nn(Cc2ccccc2)c(C)c1CNC(=O)CCSc1ccccc1. The van der Waals surface area contributed by atoms with Gasteiger partial charge >= 0.3 is 0 Å². The molecule has 1 N–H and O–H groups in total. The van der Waals surface area contributed by atoms with E-state index in [-0.39, 0.29) is 5.91 Å². The van der Waals surface area contributed by atoms with E-state index in [4.69, 9.17) is 0 Å². The number of carbonyl (C=O) groups is 1. The second-order valence-corrected chi connectivity index (χ2v) is 7.65. The minimum absolute atomic E-state index is 0.0769. The van der Waals surface area contributed by atoms with Crippen LogP contribution >= 0.6 is 11.8 Å². The Kier molecular flexibility index (Phi) is 6.71. The molecule has 0 spiro atoms. The maximum absolute atomic E-state index is 12.2. The highest BCUT2D eigenvalue weighted by Crippen LogP contribution is 2.18. The number of hydrogen-bond donors (Lipinski definition) is 1. The second kappa shape index (κ2) is 9.42. The molecule has 4 nitrogen and oxygen atoms in total. The molecule has 5 heteroatoms. The Morgan fingerprint density at radius 1 is 1.04 bits per heavy atom. The fraction of sp³-hybridized carbons (Fsp3) is 0.273. The number of aryl methyl sites for hydroxylation is 1. The summed E-state index contributed by atoms with van der Waals surface area (Å²) in [6.45, 7) is 5.34. The van der Waals surface area contributed by atoms with Gasteiger partial charge in [0.25, 0.3) is 0 Å². The smallest absolute Gasteiger partial charge is 0.221 e. The molecule has 0 saturated carbocycles. The van der Waals surface area contributed by atoms with Crippen molar-refractivity contribution in [2.24, 2.45) is 0 Å². The summed E-state index contributed by atoms with van der Waals surface area (Å²) in [5, 5.41) is 7.68. The maximum atomic E-state index is 12.2. The van der Waals surface area contributed by atoms with E-state index in [2.05, 4.69) is 41.6 Å². The molecule has 0 bridgehead atoms. The van der Waals surface area contributed by atoms with Crippen molar-refractivity contribution >= 4 is 17.7 Å². The Hall–Kier alpha value is -2.53. The van der Waals surface area contributed by atoms with Crippen LogP contribution in [0.2, 0.25) is 0 Å². The summed E-state index contributed by atoms with van der Waals surface area (Å²) in [4.78, 5) is 13.4. The highest BCUT2D eigenvalue weighted by molar-refractivity contribution is 7.99. The van der Waals surface area contributed by atoms with Gasteiger partial charge in [-0.05, 0) is 31.5 Å². The van der Waals surface area contributed by atoms with Gasteiger partial charge in [-0.2, -0.15) is 5.10 Å². The lowest BCUT2D eigenvalue weighted by Gasteiger charge is -2.07. The summed E-state index contributed by atoms with van der Waals surface area (Å²) < 4.78 is 2.01. The zero-order chi connectivity index (χ0) is 19.1. The van der Waals surface area contributed by atoms with Gasteiger partial charge in [-0.25, -0.2) is 0 Å². The molecule has 1 heterocycles. The summed E-state index contributed by atoms with van der Waals surface area (Å²) in [5.74, 6) is 0.856. The van der Waals surface area contributed by atoms with E-state index in [0.717, 1.165) is 29.2 Å². The Morgan fingerprint density at radius 3 is 2.41 bits per heavy atom. The van der Waals surface area contributed by atoms with Crippen LogP contribution in [0.5, 0.6) is 0 Å². The molecule has 0 aliphatic heterocycles. The molecule has 27 heavy (non-hydrogen) atoms. The molecule has 140 valence electrons. The van der Waals surface area contributed by atoms with E-state index in [9.17, 15) is 4.79 Å². The molecule has 1 amide bonds. The van der Waals surface area contributed by atoms with Gasteiger partial charge in [0.15, 0.2) is 0 Å². The molecule has 0 unspecified atom stereocenters. The largest absolute Gasteiger partial charge is 0.352 e. The standard InChI is InChI=1S/C22H25N3OS/c1-17-21(18(2)25(24-17)16-19-9-5-3-6-10-19)15-23-22(26)13-14-27-20-11-7-4-8-12-20/h3-12H,13-16H2,1-2H3,(H,23,26). The van der Waals surface area contributed by atoms with Gasteiger partial charge in [0.1, 0.15) is 0 Å². The topological polar surface area (TPSA) is 46.9 Å². The predicted octanol–water partition coefficient (Wildman–Crippen LogP) is 4.35. The number of thioether (sulfide) groups is 1. The fourth-order valence-electron chi connectivity index (χ4n) is 2.95. The van der Waals surface area contributed by atoms with Crippen molar-refractivity contribution in [1.82, 2.24) is 15.1 Å².